The first kappa shape index (κ1) is 27.2. The summed E-state index contributed by atoms with van der Waals surface area (Å²) in [5.41, 5.74) is 3.55. The molecule has 3 aromatic rings. The number of carbonyl (C=O) groups excluding carboxylic acids is 2. The van der Waals surface area contributed by atoms with Crippen LogP contribution in [-0.2, 0) is 21.4 Å². The van der Waals surface area contributed by atoms with Crippen LogP contribution in [-0.4, -0.2) is 34.8 Å². The van der Waals surface area contributed by atoms with E-state index in [4.69, 9.17) is 4.74 Å². The van der Waals surface area contributed by atoms with Gasteiger partial charge in [-0.2, -0.15) is 0 Å². The molecule has 1 heterocycles. The third-order valence-corrected chi connectivity index (χ3v) is 6.99. The lowest BCUT2D eigenvalue weighted by Gasteiger charge is -2.26. The highest BCUT2D eigenvalue weighted by Crippen LogP contribution is 2.40. The molecule has 3 aromatic carbocycles. The van der Waals surface area contributed by atoms with Gasteiger partial charge < -0.3 is 14.7 Å². The lowest BCUT2D eigenvalue weighted by molar-refractivity contribution is -0.139. The Morgan fingerprint density at radius 2 is 1.66 bits per heavy atom. The van der Waals surface area contributed by atoms with Crippen molar-refractivity contribution in [1.29, 1.82) is 0 Å². The van der Waals surface area contributed by atoms with Crippen molar-refractivity contribution in [3.63, 3.8) is 0 Å². The monoisotopic (exact) mass is 511 g/mol. The average Bonchev–Trinajstić information content (AvgIpc) is 3.17. The van der Waals surface area contributed by atoms with Crippen LogP contribution in [0.15, 0.2) is 84.4 Å². The van der Waals surface area contributed by atoms with E-state index in [9.17, 15) is 14.7 Å². The number of Topliss-reactive ketones (excluding diaryl/α,β-unsaturated/α-hetero) is 1. The number of carbonyl (C=O) groups is 2. The number of ether oxygens (including phenoxy) is 1. The van der Waals surface area contributed by atoms with Crippen LogP contribution >= 0.6 is 0 Å². The van der Waals surface area contributed by atoms with Gasteiger partial charge in [-0.3, -0.25) is 9.59 Å². The molecule has 38 heavy (non-hydrogen) atoms. The minimum atomic E-state index is -0.683. The van der Waals surface area contributed by atoms with Crippen LogP contribution in [0.2, 0.25) is 0 Å². The van der Waals surface area contributed by atoms with E-state index in [2.05, 4.69) is 27.7 Å². The molecule has 1 unspecified atom stereocenters. The van der Waals surface area contributed by atoms with Gasteiger partial charge in [0.05, 0.1) is 18.2 Å². The van der Waals surface area contributed by atoms with Crippen LogP contribution in [0.5, 0.6) is 5.75 Å². The van der Waals surface area contributed by atoms with Crippen LogP contribution < -0.4 is 4.74 Å². The van der Waals surface area contributed by atoms with Crippen molar-refractivity contribution >= 4 is 17.4 Å². The summed E-state index contributed by atoms with van der Waals surface area (Å²) in [5, 5.41) is 11.4. The van der Waals surface area contributed by atoms with Gasteiger partial charge in [0.25, 0.3) is 11.7 Å². The number of hydrogen-bond acceptors (Lipinski definition) is 4. The molecule has 0 aliphatic carbocycles. The lowest BCUT2D eigenvalue weighted by Crippen LogP contribution is -2.31. The molecule has 1 N–H and O–H groups in total. The second-order valence-electron chi connectivity index (χ2n) is 10.8. The number of nitrogens with zero attached hydrogens (tertiary/aromatic N) is 1. The molecule has 5 heteroatoms. The first-order valence-electron chi connectivity index (χ1n) is 13.4. The van der Waals surface area contributed by atoms with Gasteiger partial charge in [0.1, 0.15) is 11.5 Å². The molecular weight excluding hydrogens is 474 g/mol. The van der Waals surface area contributed by atoms with E-state index in [0.29, 0.717) is 30.9 Å². The quantitative estimate of drug-likeness (QED) is 0.148. The number of aliphatic hydroxyl groups excluding tert-OH is 1. The highest BCUT2D eigenvalue weighted by Gasteiger charge is 2.45. The number of hydrogen-bond donors (Lipinski definition) is 1. The third-order valence-electron chi connectivity index (χ3n) is 6.99. The van der Waals surface area contributed by atoms with Crippen molar-refractivity contribution in [2.24, 2.45) is 0 Å². The van der Waals surface area contributed by atoms with Gasteiger partial charge >= 0.3 is 0 Å². The molecular formula is C33H37NO4. The zero-order valence-corrected chi connectivity index (χ0v) is 22.7. The number of benzene rings is 3. The molecule has 198 valence electrons. The summed E-state index contributed by atoms with van der Waals surface area (Å²) >= 11 is 0. The SMILES string of the molecule is CCCCOc1cccc(C(O)=C2C(=O)C(=O)N(CCc3ccccc3)C2c2ccc(C(C)(C)C)cc2)c1. The Morgan fingerprint density at radius 1 is 0.947 bits per heavy atom. The summed E-state index contributed by atoms with van der Waals surface area (Å²) in [6.07, 6.45) is 2.54. The van der Waals surface area contributed by atoms with Crippen molar-refractivity contribution in [2.45, 2.75) is 58.4 Å². The average molecular weight is 512 g/mol. The zero-order valence-electron chi connectivity index (χ0n) is 22.7. The minimum absolute atomic E-state index is 0.0358. The topological polar surface area (TPSA) is 66.8 Å². The Labute approximate surface area is 225 Å². The third kappa shape index (κ3) is 5.99. The van der Waals surface area contributed by atoms with Gasteiger partial charge in [-0.1, -0.05) is 101 Å². The van der Waals surface area contributed by atoms with Crippen LogP contribution in [0.3, 0.4) is 0 Å². The molecule has 0 radical (unpaired) electrons. The second kappa shape index (κ2) is 11.7. The van der Waals surface area contributed by atoms with Gasteiger partial charge in [0, 0.05) is 12.1 Å². The van der Waals surface area contributed by atoms with Crippen LogP contribution in [0.1, 0.15) is 68.8 Å². The van der Waals surface area contributed by atoms with Crippen molar-refractivity contribution in [1.82, 2.24) is 4.90 Å². The molecule has 1 atom stereocenters. The van der Waals surface area contributed by atoms with Crippen LogP contribution in [0.4, 0.5) is 0 Å². The Hall–Kier alpha value is -3.86. The summed E-state index contributed by atoms with van der Waals surface area (Å²) in [7, 11) is 0. The Bertz CT molecular complexity index is 1300. The molecule has 1 aliphatic heterocycles. The maximum absolute atomic E-state index is 13.4. The maximum atomic E-state index is 13.4. The summed E-state index contributed by atoms with van der Waals surface area (Å²) < 4.78 is 5.82. The van der Waals surface area contributed by atoms with Gasteiger partial charge in [0.2, 0.25) is 0 Å². The fraction of sp³-hybridized carbons (Fsp3) is 0.333. The fourth-order valence-electron chi connectivity index (χ4n) is 4.74. The van der Waals surface area contributed by atoms with Crippen molar-refractivity contribution in [3.8, 4) is 5.75 Å². The van der Waals surface area contributed by atoms with Crippen molar-refractivity contribution < 1.29 is 19.4 Å². The number of rotatable bonds is 9. The zero-order chi connectivity index (χ0) is 27.3. The molecule has 0 aromatic heterocycles. The molecule has 0 saturated carbocycles. The standard InChI is InChI=1S/C33H37NO4/c1-5-6-21-38-27-14-10-13-25(22-27)30(35)28-29(24-15-17-26(18-16-24)33(2,3)4)34(32(37)31(28)36)20-19-23-11-8-7-9-12-23/h7-18,22,29,35H,5-6,19-21H2,1-4H3. The highest BCUT2D eigenvalue weighted by molar-refractivity contribution is 6.46. The lowest BCUT2D eigenvalue weighted by atomic mass is 9.85. The van der Waals surface area contributed by atoms with E-state index in [1.807, 2.05) is 60.7 Å². The highest BCUT2D eigenvalue weighted by atomic mass is 16.5. The summed E-state index contributed by atoms with van der Waals surface area (Å²) in [4.78, 5) is 28.3. The molecule has 1 fully saturated rings. The molecule has 0 bridgehead atoms. The van der Waals surface area contributed by atoms with E-state index in [1.54, 1.807) is 23.1 Å². The fourth-order valence-corrected chi connectivity index (χ4v) is 4.74. The maximum Gasteiger partial charge on any atom is 0.295 e. The second-order valence-corrected chi connectivity index (χ2v) is 10.8. The number of ketones is 1. The number of aliphatic hydroxyl groups is 1. The molecule has 0 spiro atoms. The predicted octanol–water partition coefficient (Wildman–Crippen LogP) is 6.83. The van der Waals surface area contributed by atoms with E-state index in [0.717, 1.165) is 29.5 Å². The number of likely N-dealkylation sites (tertiary alicyclic amines) is 1. The molecule has 1 saturated heterocycles. The number of amides is 1. The van der Waals surface area contributed by atoms with Gasteiger partial charge in [-0.15, -0.1) is 0 Å². The van der Waals surface area contributed by atoms with E-state index < -0.39 is 17.7 Å². The van der Waals surface area contributed by atoms with E-state index >= 15 is 0 Å². The molecule has 1 aliphatic rings. The Balaban J connectivity index is 1.75. The molecule has 4 rings (SSSR count). The van der Waals surface area contributed by atoms with Gasteiger partial charge in [0.15, 0.2) is 0 Å². The van der Waals surface area contributed by atoms with Crippen molar-refractivity contribution in [2.75, 3.05) is 13.2 Å². The van der Waals surface area contributed by atoms with Crippen LogP contribution in [0.25, 0.3) is 5.76 Å². The first-order valence-corrected chi connectivity index (χ1v) is 13.4. The molecule has 5 nitrogen and oxygen atoms in total. The minimum Gasteiger partial charge on any atom is -0.507 e. The number of unbranched alkanes of at least 4 members (excludes halogenated alkanes) is 1. The van der Waals surface area contributed by atoms with Crippen LogP contribution in [0, 0.1) is 0 Å². The molecule has 1 amide bonds. The Kier molecular flexibility index (Phi) is 8.35. The van der Waals surface area contributed by atoms with Gasteiger partial charge in [-0.05, 0) is 47.1 Å². The largest absolute Gasteiger partial charge is 0.507 e. The normalized spacial score (nSPS) is 17.2. The van der Waals surface area contributed by atoms with E-state index in [-0.39, 0.29) is 16.7 Å². The smallest absolute Gasteiger partial charge is 0.295 e. The first-order chi connectivity index (χ1) is 18.2. The summed E-state index contributed by atoms with van der Waals surface area (Å²) in [6, 6.07) is 24.3. The summed E-state index contributed by atoms with van der Waals surface area (Å²) in [6.45, 7) is 9.45. The predicted molar refractivity (Wildman–Crippen MR) is 151 cm³/mol. The Morgan fingerprint density at radius 3 is 2.32 bits per heavy atom. The summed E-state index contributed by atoms with van der Waals surface area (Å²) in [5.74, 6) is -0.830. The van der Waals surface area contributed by atoms with Gasteiger partial charge in [-0.25, -0.2) is 0 Å². The van der Waals surface area contributed by atoms with Crippen molar-refractivity contribution in [3.05, 3.63) is 107 Å². The van der Waals surface area contributed by atoms with E-state index in [1.165, 1.54) is 0 Å².